The number of nitrogens with zero attached hydrogens (tertiary/aromatic N) is 3. The maximum Gasteiger partial charge on any atom is 0.296 e. The van der Waals surface area contributed by atoms with Crippen molar-refractivity contribution in [3.05, 3.63) is 87.7 Å². The zero-order valence-electron chi connectivity index (χ0n) is 19.0. The van der Waals surface area contributed by atoms with Crippen molar-refractivity contribution in [1.29, 1.82) is 0 Å². The second kappa shape index (κ2) is 9.74. The van der Waals surface area contributed by atoms with Gasteiger partial charge in [0.2, 0.25) is 0 Å². The van der Waals surface area contributed by atoms with E-state index in [0.29, 0.717) is 38.7 Å². The molecule has 174 valence electrons. The summed E-state index contributed by atoms with van der Waals surface area (Å²) in [6.07, 6.45) is 3.38. The maximum absolute atomic E-state index is 13.4. The molecule has 0 N–H and O–H groups in total. The lowest BCUT2D eigenvalue weighted by Crippen LogP contribution is -2.33. The fourth-order valence-electron chi connectivity index (χ4n) is 3.67. The number of methoxy groups -OCH3 is 1. The SMILES string of the molecule is C=CCOc1ccc(C=C2SC(=S)N(c3c(C)n(C)n(-c4ccccc4)c3=O)C2=O)cc1OC. The number of para-hydroxylation sites is 1. The van der Waals surface area contributed by atoms with Crippen LogP contribution < -0.4 is 19.9 Å². The topological polar surface area (TPSA) is 65.7 Å². The lowest BCUT2D eigenvalue weighted by Gasteiger charge is -2.12. The van der Waals surface area contributed by atoms with Crippen molar-refractivity contribution < 1.29 is 14.3 Å². The predicted molar refractivity (Wildman–Crippen MR) is 140 cm³/mol. The van der Waals surface area contributed by atoms with Gasteiger partial charge in [-0.3, -0.25) is 19.2 Å². The minimum Gasteiger partial charge on any atom is -0.493 e. The number of carbonyl (C=O) groups is 1. The average Bonchev–Trinajstić information content (AvgIpc) is 3.23. The molecule has 1 amide bonds. The number of benzene rings is 2. The lowest BCUT2D eigenvalue weighted by atomic mass is 10.2. The van der Waals surface area contributed by atoms with Gasteiger partial charge < -0.3 is 9.47 Å². The molecule has 34 heavy (non-hydrogen) atoms. The van der Waals surface area contributed by atoms with Crippen LogP contribution in [0.15, 0.2) is 70.9 Å². The van der Waals surface area contributed by atoms with Crippen LogP contribution in [0.5, 0.6) is 11.5 Å². The van der Waals surface area contributed by atoms with Crippen LogP contribution in [-0.4, -0.2) is 33.3 Å². The minimum absolute atomic E-state index is 0.253. The van der Waals surface area contributed by atoms with Gasteiger partial charge in [-0.25, -0.2) is 4.68 Å². The van der Waals surface area contributed by atoms with Crippen LogP contribution in [0, 0.1) is 6.92 Å². The summed E-state index contributed by atoms with van der Waals surface area (Å²) >= 11 is 6.67. The zero-order valence-corrected chi connectivity index (χ0v) is 20.6. The van der Waals surface area contributed by atoms with Gasteiger partial charge in [-0.15, -0.1) is 0 Å². The summed E-state index contributed by atoms with van der Waals surface area (Å²) in [6.45, 7) is 5.79. The van der Waals surface area contributed by atoms with Gasteiger partial charge in [0.15, 0.2) is 15.8 Å². The van der Waals surface area contributed by atoms with Crippen molar-refractivity contribution in [3.8, 4) is 17.2 Å². The van der Waals surface area contributed by atoms with Crippen molar-refractivity contribution in [2.45, 2.75) is 6.92 Å². The van der Waals surface area contributed by atoms with E-state index in [0.717, 1.165) is 17.3 Å². The molecular formula is C25H23N3O4S2. The van der Waals surface area contributed by atoms with Crippen molar-refractivity contribution in [1.82, 2.24) is 9.36 Å². The summed E-state index contributed by atoms with van der Waals surface area (Å²) in [5.74, 6) is 0.774. The number of ether oxygens (including phenoxy) is 2. The van der Waals surface area contributed by atoms with Gasteiger partial charge in [0, 0.05) is 7.05 Å². The molecule has 1 aliphatic rings. The van der Waals surface area contributed by atoms with E-state index in [9.17, 15) is 9.59 Å². The molecule has 0 unspecified atom stereocenters. The number of thiocarbonyl (C=S) groups is 1. The van der Waals surface area contributed by atoms with Crippen LogP contribution in [0.3, 0.4) is 0 Å². The van der Waals surface area contributed by atoms with E-state index >= 15 is 0 Å². The third kappa shape index (κ3) is 4.20. The molecule has 0 saturated carbocycles. The standard InChI is InChI=1S/C25H23N3O4S2/c1-5-13-32-19-12-11-17(14-20(19)31-4)15-21-23(29)27(25(33)34-21)22-16(2)26(3)28(24(22)30)18-9-7-6-8-10-18/h5-12,14-15H,1,13H2,2-4H3. The highest BCUT2D eigenvalue weighted by Crippen LogP contribution is 2.37. The average molecular weight is 494 g/mol. The van der Waals surface area contributed by atoms with Crippen LogP contribution in [-0.2, 0) is 11.8 Å². The fourth-order valence-corrected chi connectivity index (χ4v) is 4.94. The van der Waals surface area contributed by atoms with Gasteiger partial charge in [0.25, 0.3) is 11.5 Å². The fraction of sp³-hybridized carbons (Fsp3) is 0.160. The molecule has 1 fully saturated rings. The summed E-state index contributed by atoms with van der Waals surface area (Å²) in [6, 6.07) is 14.6. The molecule has 2 heterocycles. The Hall–Kier alpha value is -3.56. The van der Waals surface area contributed by atoms with Crippen molar-refractivity contribution in [2.75, 3.05) is 18.6 Å². The zero-order chi connectivity index (χ0) is 24.4. The molecule has 1 aromatic heterocycles. The quantitative estimate of drug-likeness (QED) is 0.275. The van der Waals surface area contributed by atoms with Crippen LogP contribution >= 0.6 is 24.0 Å². The maximum atomic E-state index is 13.4. The Morgan fingerprint density at radius 2 is 1.85 bits per heavy atom. The number of hydrogen-bond donors (Lipinski definition) is 0. The monoisotopic (exact) mass is 493 g/mol. The van der Waals surface area contributed by atoms with Crippen LogP contribution in [0.2, 0.25) is 0 Å². The smallest absolute Gasteiger partial charge is 0.296 e. The Kier molecular flexibility index (Phi) is 6.76. The molecule has 3 aromatic rings. The summed E-state index contributed by atoms with van der Waals surface area (Å²) in [7, 11) is 3.33. The molecule has 7 nitrogen and oxygen atoms in total. The predicted octanol–water partition coefficient (Wildman–Crippen LogP) is 4.46. The highest BCUT2D eigenvalue weighted by Gasteiger charge is 2.37. The number of amides is 1. The first kappa shape index (κ1) is 23.6. The Morgan fingerprint density at radius 1 is 1.12 bits per heavy atom. The highest BCUT2D eigenvalue weighted by atomic mass is 32.2. The van der Waals surface area contributed by atoms with E-state index in [2.05, 4.69) is 6.58 Å². The summed E-state index contributed by atoms with van der Waals surface area (Å²) in [5, 5.41) is 0. The largest absolute Gasteiger partial charge is 0.493 e. The highest BCUT2D eigenvalue weighted by molar-refractivity contribution is 8.27. The van der Waals surface area contributed by atoms with E-state index < -0.39 is 0 Å². The van der Waals surface area contributed by atoms with E-state index in [4.69, 9.17) is 21.7 Å². The summed E-state index contributed by atoms with van der Waals surface area (Å²) < 4.78 is 14.6. The molecule has 0 spiro atoms. The summed E-state index contributed by atoms with van der Waals surface area (Å²) in [5.41, 5.74) is 2.03. The molecule has 1 aliphatic heterocycles. The molecule has 1 saturated heterocycles. The Bertz CT molecular complexity index is 1370. The van der Waals surface area contributed by atoms with Crippen molar-refractivity contribution >= 4 is 46.0 Å². The normalized spacial score (nSPS) is 14.7. The third-order valence-electron chi connectivity index (χ3n) is 5.38. The Labute approximate surface area is 206 Å². The molecule has 0 bridgehead atoms. The molecule has 0 aliphatic carbocycles. The third-order valence-corrected chi connectivity index (χ3v) is 6.69. The number of rotatable bonds is 7. The number of hydrogen-bond acceptors (Lipinski definition) is 6. The van der Waals surface area contributed by atoms with Gasteiger partial charge in [-0.05, 0) is 42.8 Å². The van der Waals surface area contributed by atoms with E-state index in [-0.39, 0.29) is 17.2 Å². The van der Waals surface area contributed by atoms with E-state index in [1.54, 1.807) is 50.0 Å². The molecule has 0 radical (unpaired) electrons. The molecule has 4 rings (SSSR count). The van der Waals surface area contributed by atoms with E-state index in [1.807, 2.05) is 36.4 Å². The Morgan fingerprint density at radius 3 is 2.53 bits per heavy atom. The molecular weight excluding hydrogens is 470 g/mol. The molecule has 0 atom stereocenters. The second-order valence-corrected chi connectivity index (χ2v) is 9.11. The first-order valence-electron chi connectivity index (χ1n) is 10.4. The van der Waals surface area contributed by atoms with Gasteiger partial charge in [-0.1, -0.05) is 60.9 Å². The van der Waals surface area contributed by atoms with Crippen LogP contribution in [0.4, 0.5) is 5.69 Å². The summed E-state index contributed by atoms with van der Waals surface area (Å²) in [4.78, 5) is 28.5. The van der Waals surface area contributed by atoms with Gasteiger partial charge in [-0.2, -0.15) is 0 Å². The van der Waals surface area contributed by atoms with Crippen molar-refractivity contribution in [3.63, 3.8) is 0 Å². The van der Waals surface area contributed by atoms with Gasteiger partial charge >= 0.3 is 0 Å². The first-order valence-corrected chi connectivity index (χ1v) is 11.6. The Balaban J connectivity index is 1.70. The number of anilines is 1. The number of carbonyl (C=O) groups excluding carboxylic acids is 1. The lowest BCUT2D eigenvalue weighted by molar-refractivity contribution is -0.113. The second-order valence-electron chi connectivity index (χ2n) is 7.44. The number of aromatic nitrogens is 2. The molecule has 9 heteroatoms. The van der Waals surface area contributed by atoms with Gasteiger partial charge in [0.05, 0.1) is 23.4 Å². The van der Waals surface area contributed by atoms with Crippen LogP contribution in [0.1, 0.15) is 11.3 Å². The van der Waals surface area contributed by atoms with Crippen LogP contribution in [0.25, 0.3) is 11.8 Å². The van der Waals surface area contributed by atoms with E-state index in [1.165, 1.54) is 9.58 Å². The van der Waals surface area contributed by atoms with Gasteiger partial charge in [0.1, 0.15) is 12.3 Å². The number of thioether (sulfide) groups is 1. The molecule has 2 aromatic carbocycles. The first-order chi connectivity index (χ1) is 16.4. The minimum atomic E-state index is -0.341. The van der Waals surface area contributed by atoms with Crippen molar-refractivity contribution in [2.24, 2.45) is 7.05 Å².